The molecule has 3 atom stereocenters. The van der Waals surface area contributed by atoms with Gasteiger partial charge in [0, 0.05) is 38.4 Å². The summed E-state index contributed by atoms with van der Waals surface area (Å²) < 4.78 is 34.6. The number of esters is 1. The van der Waals surface area contributed by atoms with Crippen LogP contribution in [0.2, 0.25) is 0 Å². The number of benzene rings is 1. The fourth-order valence-electron chi connectivity index (χ4n) is 6.88. The molecule has 0 bridgehead atoms. The highest BCUT2D eigenvalue weighted by molar-refractivity contribution is 5.84. The second-order valence-corrected chi connectivity index (χ2v) is 14.7. The number of anilines is 1. The van der Waals surface area contributed by atoms with E-state index in [0.29, 0.717) is 73.7 Å². The molecule has 0 saturated carbocycles. The van der Waals surface area contributed by atoms with E-state index in [4.69, 9.17) is 28.4 Å². The van der Waals surface area contributed by atoms with Gasteiger partial charge >= 0.3 is 5.97 Å². The van der Waals surface area contributed by atoms with E-state index in [2.05, 4.69) is 16.0 Å². The van der Waals surface area contributed by atoms with Gasteiger partial charge in [0.25, 0.3) is 0 Å². The quantitative estimate of drug-likeness (QED) is 0.174. The van der Waals surface area contributed by atoms with Crippen LogP contribution in [-0.4, -0.2) is 75.8 Å². The van der Waals surface area contributed by atoms with Crippen molar-refractivity contribution in [3.63, 3.8) is 0 Å². The second kappa shape index (κ2) is 17.4. The van der Waals surface area contributed by atoms with E-state index in [1.165, 1.54) is 6.92 Å². The Balaban J connectivity index is 1.38. The van der Waals surface area contributed by atoms with Gasteiger partial charge in [-0.25, -0.2) is 0 Å². The molecule has 0 aromatic heterocycles. The van der Waals surface area contributed by atoms with Gasteiger partial charge in [-0.3, -0.25) is 19.2 Å². The predicted molar refractivity (Wildman–Crippen MR) is 197 cm³/mol. The fraction of sp³-hybridized carbons (Fsp3) is 0.590. The number of carbonyl (C=O) groups is 3. The average Bonchev–Trinajstić information content (AvgIpc) is 3.28. The normalized spacial score (nSPS) is 19.2. The number of amides is 2. The number of aryl methyl sites for hydroxylation is 1. The number of ether oxygens (including phenoxy) is 6. The molecule has 13 nitrogen and oxygen atoms in total. The van der Waals surface area contributed by atoms with Gasteiger partial charge in [-0.15, -0.1) is 0 Å². The van der Waals surface area contributed by atoms with Crippen LogP contribution >= 0.6 is 0 Å². The number of methoxy groups -OCH3 is 3. The lowest BCUT2D eigenvalue weighted by Crippen LogP contribution is -2.46. The van der Waals surface area contributed by atoms with Crippen molar-refractivity contribution in [2.24, 2.45) is 0 Å². The fourth-order valence-corrected chi connectivity index (χ4v) is 6.88. The summed E-state index contributed by atoms with van der Waals surface area (Å²) in [6.45, 7) is 11.4. The zero-order valence-electron chi connectivity index (χ0n) is 32.0. The summed E-state index contributed by atoms with van der Waals surface area (Å²) in [5.41, 5.74) is 2.68. The van der Waals surface area contributed by atoms with Gasteiger partial charge in [0.2, 0.25) is 23.0 Å². The van der Waals surface area contributed by atoms with E-state index in [1.54, 1.807) is 33.5 Å². The summed E-state index contributed by atoms with van der Waals surface area (Å²) in [7, 11) is 4.66. The molecular weight excluding hydrogens is 670 g/mol. The molecule has 13 heteroatoms. The van der Waals surface area contributed by atoms with Crippen LogP contribution in [0.3, 0.4) is 0 Å². The molecule has 0 spiro atoms. The standard InChI is InChI=1S/C39H55N3O10/c1-23(43)42-29-14-12-24-19-32(47-7)36(48-8)37(49-9)35(24)27-13-15-30(31(44)22-28(27)29)40-17-10-11-33(45)41-18-16-25-20-26(51-39(5,6)50-25)21-34(46)52-38(2,3)4/h13,15,19,22,25-26,29H,10-12,14,16-18,20-21H2,1-9H3,(H,40,44)(H,41,45)(H,42,43). The summed E-state index contributed by atoms with van der Waals surface area (Å²) in [4.78, 5) is 50.9. The Morgan fingerprint density at radius 2 is 1.67 bits per heavy atom. The monoisotopic (exact) mass is 725 g/mol. The summed E-state index contributed by atoms with van der Waals surface area (Å²) in [6, 6.07) is 6.65. The lowest BCUT2D eigenvalue weighted by molar-refractivity contribution is -0.300. The molecule has 1 saturated heterocycles. The predicted octanol–water partition coefficient (Wildman–Crippen LogP) is 5.20. The highest BCUT2D eigenvalue weighted by atomic mass is 16.7. The van der Waals surface area contributed by atoms with Crippen LogP contribution in [0.15, 0.2) is 29.1 Å². The number of carbonyl (C=O) groups excluding carboxylic acids is 3. The molecule has 2 aliphatic rings. The lowest BCUT2D eigenvalue weighted by atomic mass is 9.95. The lowest BCUT2D eigenvalue weighted by Gasteiger charge is -2.40. The SMILES string of the molecule is COc1cc2c(c(OC)c1OC)-c1ccc(NCCCC(=O)NCCC3CC(CC(=O)OC(C)(C)C)OC(C)(C)O3)c(=O)cc1C(NC(C)=O)CC2. The third-order valence-electron chi connectivity index (χ3n) is 8.84. The molecule has 3 unspecified atom stereocenters. The molecule has 1 fully saturated rings. The zero-order chi connectivity index (χ0) is 38.2. The summed E-state index contributed by atoms with van der Waals surface area (Å²) in [5.74, 6) is -0.0557. The van der Waals surface area contributed by atoms with Crippen LogP contribution in [-0.2, 0) is 35.0 Å². The Morgan fingerprint density at radius 1 is 0.962 bits per heavy atom. The van der Waals surface area contributed by atoms with Gasteiger partial charge in [0.1, 0.15) is 5.60 Å². The zero-order valence-corrected chi connectivity index (χ0v) is 32.0. The molecular formula is C39H55N3O10. The summed E-state index contributed by atoms with van der Waals surface area (Å²) in [5, 5.41) is 9.17. The summed E-state index contributed by atoms with van der Waals surface area (Å²) in [6.07, 6.45) is 2.60. The maximum absolute atomic E-state index is 13.6. The Morgan fingerprint density at radius 3 is 2.33 bits per heavy atom. The van der Waals surface area contributed by atoms with Crippen molar-refractivity contribution in [3.8, 4) is 28.4 Å². The van der Waals surface area contributed by atoms with Crippen molar-refractivity contribution in [2.75, 3.05) is 39.7 Å². The van der Waals surface area contributed by atoms with Gasteiger partial charge in [0.05, 0.1) is 51.7 Å². The van der Waals surface area contributed by atoms with Crippen molar-refractivity contribution < 1.29 is 42.8 Å². The molecule has 1 heterocycles. The third-order valence-corrected chi connectivity index (χ3v) is 8.84. The Labute approximate surface area is 306 Å². The number of nitrogens with one attached hydrogen (secondary N) is 3. The topological polar surface area (TPSA) is 160 Å². The van der Waals surface area contributed by atoms with Gasteiger partial charge in [0.15, 0.2) is 17.3 Å². The second-order valence-electron chi connectivity index (χ2n) is 14.7. The van der Waals surface area contributed by atoms with Crippen LogP contribution in [0.4, 0.5) is 5.69 Å². The Kier molecular flexibility index (Phi) is 13.6. The van der Waals surface area contributed by atoms with Crippen molar-refractivity contribution in [3.05, 3.63) is 45.6 Å². The van der Waals surface area contributed by atoms with Crippen molar-refractivity contribution in [1.82, 2.24) is 10.6 Å². The van der Waals surface area contributed by atoms with E-state index < -0.39 is 17.4 Å². The molecule has 3 N–H and O–H groups in total. The van der Waals surface area contributed by atoms with Gasteiger partial charge in [-0.2, -0.15) is 0 Å². The highest BCUT2D eigenvalue weighted by Gasteiger charge is 2.37. The minimum atomic E-state index is -0.862. The van der Waals surface area contributed by atoms with Crippen LogP contribution in [0.1, 0.15) is 97.2 Å². The van der Waals surface area contributed by atoms with Crippen molar-refractivity contribution >= 4 is 23.5 Å². The van der Waals surface area contributed by atoms with Gasteiger partial charge < -0.3 is 44.4 Å². The van der Waals surface area contributed by atoms with Crippen molar-refractivity contribution in [1.29, 1.82) is 0 Å². The molecule has 1 aliphatic heterocycles. The minimum absolute atomic E-state index is 0.114. The van der Waals surface area contributed by atoms with E-state index >= 15 is 0 Å². The van der Waals surface area contributed by atoms with Crippen LogP contribution in [0.5, 0.6) is 17.2 Å². The van der Waals surface area contributed by atoms with Crippen molar-refractivity contribution in [2.45, 2.75) is 116 Å². The first-order chi connectivity index (χ1) is 24.5. The number of rotatable bonds is 14. The first-order valence-electron chi connectivity index (χ1n) is 17.9. The minimum Gasteiger partial charge on any atom is -0.493 e. The third kappa shape index (κ3) is 10.8. The first-order valence-corrected chi connectivity index (χ1v) is 17.9. The van der Waals surface area contributed by atoms with E-state index in [9.17, 15) is 19.2 Å². The molecule has 52 heavy (non-hydrogen) atoms. The summed E-state index contributed by atoms with van der Waals surface area (Å²) >= 11 is 0. The maximum Gasteiger partial charge on any atom is 0.308 e. The molecule has 2 aromatic carbocycles. The maximum atomic E-state index is 13.6. The molecule has 0 radical (unpaired) electrons. The van der Waals surface area contributed by atoms with E-state index in [-0.39, 0.29) is 48.3 Å². The first kappa shape index (κ1) is 40.4. The highest BCUT2D eigenvalue weighted by Crippen LogP contribution is 2.50. The van der Waals surface area contributed by atoms with E-state index in [0.717, 1.165) is 16.7 Å². The molecule has 286 valence electrons. The smallest absolute Gasteiger partial charge is 0.308 e. The van der Waals surface area contributed by atoms with Gasteiger partial charge in [-0.1, -0.05) is 6.07 Å². The Hall–Kier alpha value is -4.36. The molecule has 2 aromatic rings. The van der Waals surface area contributed by atoms with Crippen LogP contribution < -0.4 is 35.6 Å². The largest absolute Gasteiger partial charge is 0.493 e. The van der Waals surface area contributed by atoms with E-state index in [1.807, 2.05) is 46.8 Å². The number of hydrogen-bond acceptors (Lipinski definition) is 11. The molecule has 4 rings (SSSR count). The number of hydrogen-bond donors (Lipinski definition) is 3. The average molecular weight is 726 g/mol. The van der Waals surface area contributed by atoms with Crippen LogP contribution in [0, 0.1) is 0 Å². The molecule has 1 aliphatic carbocycles. The van der Waals surface area contributed by atoms with Crippen LogP contribution in [0.25, 0.3) is 11.1 Å². The number of fused-ring (bicyclic) bond motifs is 3. The Bertz CT molecular complexity index is 1670. The van der Waals surface area contributed by atoms with Gasteiger partial charge in [-0.05, 0) is 95.2 Å². The molecule has 2 amide bonds.